The van der Waals surface area contributed by atoms with Gasteiger partial charge in [-0.25, -0.2) is 0 Å². The molecule has 1 aliphatic heterocycles. The summed E-state index contributed by atoms with van der Waals surface area (Å²) in [4.78, 5) is 4.70. The Kier molecular flexibility index (Phi) is 4.37. The van der Waals surface area contributed by atoms with E-state index in [0.717, 1.165) is 6.54 Å². The van der Waals surface area contributed by atoms with Gasteiger partial charge in [0.1, 0.15) is 0 Å². The van der Waals surface area contributed by atoms with Gasteiger partial charge in [-0.15, -0.1) is 0 Å². The lowest BCUT2D eigenvalue weighted by atomic mass is 9.79. The maximum atomic E-state index is 6.15. The molecule has 1 saturated heterocycles. The summed E-state index contributed by atoms with van der Waals surface area (Å²) >= 11 is 0. The van der Waals surface area contributed by atoms with E-state index in [4.69, 9.17) is 9.72 Å². The van der Waals surface area contributed by atoms with Crippen LogP contribution in [-0.2, 0) is 11.2 Å². The zero-order valence-electron chi connectivity index (χ0n) is 12.6. The van der Waals surface area contributed by atoms with E-state index in [1.165, 1.54) is 43.4 Å². The quantitative estimate of drug-likeness (QED) is 0.916. The highest BCUT2D eigenvalue weighted by molar-refractivity contribution is 5.28. The van der Waals surface area contributed by atoms with Crippen molar-refractivity contribution >= 4 is 0 Å². The van der Waals surface area contributed by atoms with E-state index >= 15 is 0 Å². The molecule has 0 spiro atoms. The summed E-state index contributed by atoms with van der Waals surface area (Å²) in [5.74, 6) is 0.509. The maximum absolute atomic E-state index is 6.15. The van der Waals surface area contributed by atoms with Crippen LogP contribution in [0.15, 0.2) is 18.3 Å². The molecule has 3 heteroatoms. The van der Waals surface area contributed by atoms with Crippen LogP contribution < -0.4 is 5.32 Å². The van der Waals surface area contributed by atoms with E-state index in [1.807, 2.05) is 6.20 Å². The molecule has 1 aliphatic carbocycles. The molecule has 0 radical (unpaired) electrons. The topological polar surface area (TPSA) is 34.1 Å². The van der Waals surface area contributed by atoms with Crippen LogP contribution in [-0.4, -0.2) is 29.8 Å². The summed E-state index contributed by atoms with van der Waals surface area (Å²) < 4.78 is 6.15. The second-order valence-electron chi connectivity index (χ2n) is 6.19. The number of hydrogen-bond acceptors (Lipinski definition) is 3. The number of nitrogens with one attached hydrogen (secondary N) is 1. The first kappa shape index (κ1) is 14.0. The minimum atomic E-state index is 0.350. The molecule has 0 saturated carbocycles. The van der Waals surface area contributed by atoms with E-state index < -0.39 is 0 Å². The number of pyridine rings is 1. The SMILES string of the molecule is CCNC(C1CCC(C)O1)C1CCCc2cccnc21. The van der Waals surface area contributed by atoms with Gasteiger partial charge in [-0.3, -0.25) is 4.98 Å². The molecule has 1 N–H and O–H groups in total. The second kappa shape index (κ2) is 6.23. The molecule has 2 heterocycles. The lowest BCUT2D eigenvalue weighted by Crippen LogP contribution is -2.45. The number of likely N-dealkylation sites (N-methyl/N-ethyl adjacent to an activating group) is 1. The van der Waals surface area contributed by atoms with Crippen LogP contribution in [0.25, 0.3) is 0 Å². The third-order valence-electron chi connectivity index (χ3n) is 4.78. The van der Waals surface area contributed by atoms with Crippen molar-refractivity contribution in [2.75, 3.05) is 6.54 Å². The van der Waals surface area contributed by atoms with Crippen molar-refractivity contribution in [2.45, 2.75) is 70.1 Å². The van der Waals surface area contributed by atoms with Gasteiger partial charge in [-0.1, -0.05) is 13.0 Å². The molecule has 110 valence electrons. The predicted molar refractivity (Wildman–Crippen MR) is 80.9 cm³/mol. The highest BCUT2D eigenvalue weighted by atomic mass is 16.5. The predicted octanol–water partition coefficient (Wildman–Crippen LogP) is 3.05. The highest BCUT2D eigenvalue weighted by Gasteiger charge is 2.37. The van der Waals surface area contributed by atoms with Gasteiger partial charge in [0.15, 0.2) is 0 Å². The standard InChI is InChI=1S/C17H26N2O/c1-3-18-17(15-10-9-12(2)20-15)14-8-4-6-13-7-5-11-19-16(13)14/h5,7,11-12,14-15,17-18H,3-4,6,8-10H2,1-2H3. The Hall–Kier alpha value is -0.930. The van der Waals surface area contributed by atoms with Gasteiger partial charge in [-0.2, -0.15) is 0 Å². The minimum Gasteiger partial charge on any atom is -0.374 e. The second-order valence-corrected chi connectivity index (χ2v) is 6.19. The summed E-state index contributed by atoms with van der Waals surface area (Å²) in [5, 5.41) is 3.69. The van der Waals surface area contributed by atoms with Crippen LogP contribution in [0.1, 0.15) is 56.7 Å². The molecule has 2 aliphatic rings. The summed E-state index contributed by atoms with van der Waals surface area (Å²) in [5.41, 5.74) is 2.76. The molecule has 0 amide bonds. The fourth-order valence-corrected chi connectivity index (χ4v) is 3.86. The van der Waals surface area contributed by atoms with Gasteiger partial charge >= 0.3 is 0 Å². The Bertz CT molecular complexity index is 448. The fourth-order valence-electron chi connectivity index (χ4n) is 3.86. The Labute approximate surface area is 122 Å². The van der Waals surface area contributed by atoms with E-state index in [2.05, 4.69) is 31.3 Å². The minimum absolute atomic E-state index is 0.350. The zero-order valence-corrected chi connectivity index (χ0v) is 12.6. The first-order valence-corrected chi connectivity index (χ1v) is 8.12. The number of aryl methyl sites for hydroxylation is 1. The zero-order chi connectivity index (χ0) is 13.9. The van der Waals surface area contributed by atoms with Crippen molar-refractivity contribution in [1.82, 2.24) is 10.3 Å². The van der Waals surface area contributed by atoms with Gasteiger partial charge in [0.05, 0.1) is 12.2 Å². The summed E-state index contributed by atoms with van der Waals surface area (Å²) in [6.45, 7) is 5.38. The largest absolute Gasteiger partial charge is 0.374 e. The van der Waals surface area contributed by atoms with Crippen molar-refractivity contribution < 1.29 is 4.74 Å². The summed E-state index contributed by atoms with van der Waals surface area (Å²) in [6.07, 6.45) is 8.75. The molecular formula is C17H26N2O. The molecule has 0 bridgehead atoms. The van der Waals surface area contributed by atoms with Crippen molar-refractivity contribution in [3.8, 4) is 0 Å². The molecule has 0 aromatic carbocycles. The smallest absolute Gasteiger partial charge is 0.0739 e. The van der Waals surface area contributed by atoms with Crippen LogP contribution in [0, 0.1) is 0 Å². The molecule has 1 fully saturated rings. The Balaban J connectivity index is 1.85. The van der Waals surface area contributed by atoms with Gasteiger partial charge in [0.25, 0.3) is 0 Å². The average molecular weight is 274 g/mol. The lowest BCUT2D eigenvalue weighted by molar-refractivity contribution is 0.0239. The molecule has 1 aromatic rings. The average Bonchev–Trinajstić information content (AvgIpc) is 2.91. The monoisotopic (exact) mass is 274 g/mol. The van der Waals surface area contributed by atoms with Gasteiger partial charge < -0.3 is 10.1 Å². The van der Waals surface area contributed by atoms with Crippen molar-refractivity contribution in [2.24, 2.45) is 0 Å². The molecule has 4 unspecified atom stereocenters. The Morgan fingerprint density at radius 2 is 2.30 bits per heavy atom. The van der Waals surface area contributed by atoms with E-state index in [0.29, 0.717) is 24.2 Å². The molecule has 3 rings (SSSR count). The van der Waals surface area contributed by atoms with Gasteiger partial charge in [-0.05, 0) is 57.2 Å². The van der Waals surface area contributed by atoms with Crippen molar-refractivity contribution in [1.29, 1.82) is 0 Å². The number of hydrogen-bond donors (Lipinski definition) is 1. The lowest BCUT2D eigenvalue weighted by Gasteiger charge is -2.35. The van der Waals surface area contributed by atoms with Crippen LogP contribution >= 0.6 is 0 Å². The van der Waals surface area contributed by atoms with Gasteiger partial charge in [0, 0.05) is 23.9 Å². The fraction of sp³-hybridized carbons (Fsp3) is 0.706. The maximum Gasteiger partial charge on any atom is 0.0739 e. The molecule has 1 aromatic heterocycles. The summed E-state index contributed by atoms with van der Waals surface area (Å²) in [6, 6.07) is 4.73. The van der Waals surface area contributed by atoms with Gasteiger partial charge in [0.2, 0.25) is 0 Å². The van der Waals surface area contributed by atoms with Crippen LogP contribution in [0.2, 0.25) is 0 Å². The molecule has 4 atom stereocenters. The third-order valence-corrected chi connectivity index (χ3v) is 4.78. The van der Waals surface area contributed by atoms with E-state index in [9.17, 15) is 0 Å². The van der Waals surface area contributed by atoms with Crippen LogP contribution in [0.5, 0.6) is 0 Å². The number of rotatable bonds is 4. The first-order valence-electron chi connectivity index (χ1n) is 8.12. The molecule has 20 heavy (non-hydrogen) atoms. The highest BCUT2D eigenvalue weighted by Crippen LogP contribution is 2.36. The normalized spacial score (nSPS) is 31.0. The van der Waals surface area contributed by atoms with Crippen LogP contribution in [0.3, 0.4) is 0 Å². The Morgan fingerprint density at radius 1 is 1.40 bits per heavy atom. The number of nitrogens with zero attached hydrogens (tertiary/aromatic N) is 1. The number of aromatic nitrogens is 1. The van der Waals surface area contributed by atoms with E-state index in [1.54, 1.807) is 0 Å². The number of ether oxygens (including phenoxy) is 1. The van der Waals surface area contributed by atoms with Crippen molar-refractivity contribution in [3.63, 3.8) is 0 Å². The summed E-state index contributed by atoms with van der Waals surface area (Å²) in [7, 11) is 0. The van der Waals surface area contributed by atoms with Crippen LogP contribution in [0.4, 0.5) is 0 Å². The Morgan fingerprint density at radius 3 is 3.05 bits per heavy atom. The number of fused-ring (bicyclic) bond motifs is 1. The van der Waals surface area contributed by atoms with Crippen molar-refractivity contribution in [3.05, 3.63) is 29.6 Å². The molecule has 3 nitrogen and oxygen atoms in total. The molecular weight excluding hydrogens is 248 g/mol. The third kappa shape index (κ3) is 2.75. The first-order chi connectivity index (χ1) is 9.79. The van der Waals surface area contributed by atoms with E-state index in [-0.39, 0.29) is 0 Å².